The molecule has 0 unspecified atom stereocenters. The number of amides is 2. The minimum absolute atomic E-state index is 0.183. The second kappa shape index (κ2) is 7.24. The van der Waals surface area contributed by atoms with Crippen LogP contribution in [0.25, 0.3) is 5.82 Å². The van der Waals surface area contributed by atoms with Gasteiger partial charge in [0, 0.05) is 11.8 Å². The number of nitrogens with two attached hydrogens (primary N) is 1. The Balaban J connectivity index is 1.85. The Morgan fingerprint density at radius 1 is 1.11 bits per heavy atom. The van der Waals surface area contributed by atoms with Crippen molar-refractivity contribution in [3.05, 3.63) is 69.8 Å². The molecule has 3 aromatic rings. The van der Waals surface area contributed by atoms with Gasteiger partial charge in [-0.1, -0.05) is 12.1 Å². The lowest BCUT2D eigenvalue weighted by atomic mass is 10.1. The van der Waals surface area contributed by atoms with Crippen LogP contribution in [0.5, 0.6) is 0 Å². The first-order valence-corrected chi connectivity index (χ1v) is 8.15. The first kappa shape index (κ1) is 18.1. The Morgan fingerprint density at radius 2 is 1.85 bits per heavy atom. The van der Waals surface area contributed by atoms with Crippen LogP contribution < -0.4 is 16.6 Å². The zero-order valence-corrected chi connectivity index (χ0v) is 14.8. The Hall–Kier alpha value is -3.75. The number of nitrogens with one attached hydrogen (secondary N) is 1. The summed E-state index contributed by atoms with van der Waals surface area (Å²) in [6.07, 6.45) is 0. The monoisotopic (exact) mass is 366 g/mol. The van der Waals surface area contributed by atoms with Crippen molar-refractivity contribution >= 4 is 17.5 Å². The highest BCUT2D eigenvalue weighted by Gasteiger charge is 2.13. The molecule has 9 heteroatoms. The van der Waals surface area contributed by atoms with Crippen LogP contribution >= 0.6 is 0 Å². The molecular formula is C18H18N6O3. The predicted molar refractivity (Wildman–Crippen MR) is 98.7 cm³/mol. The molecule has 0 aliphatic rings. The van der Waals surface area contributed by atoms with Crippen molar-refractivity contribution in [3.8, 4) is 5.82 Å². The second-order valence-corrected chi connectivity index (χ2v) is 5.98. The van der Waals surface area contributed by atoms with Crippen LogP contribution in [0.2, 0.25) is 0 Å². The van der Waals surface area contributed by atoms with Crippen LogP contribution in [-0.2, 0) is 11.3 Å². The van der Waals surface area contributed by atoms with E-state index in [2.05, 4.69) is 15.5 Å². The molecule has 0 atom stereocenters. The molecule has 2 aromatic heterocycles. The molecule has 2 heterocycles. The van der Waals surface area contributed by atoms with Gasteiger partial charge in [-0.3, -0.25) is 14.4 Å². The van der Waals surface area contributed by atoms with Crippen molar-refractivity contribution in [3.63, 3.8) is 0 Å². The third kappa shape index (κ3) is 3.92. The maximum absolute atomic E-state index is 12.3. The number of aromatic nitrogens is 4. The Kier molecular flexibility index (Phi) is 4.84. The van der Waals surface area contributed by atoms with Gasteiger partial charge in [-0.25, -0.2) is 9.36 Å². The van der Waals surface area contributed by atoms with E-state index >= 15 is 0 Å². The van der Waals surface area contributed by atoms with Gasteiger partial charge in [0.15, 0.2) is 5.82 Å². The summed E-state index contributed by atoms with van der Waals surface area (Å²) < 4.78 is 2.62. The number of aryl methyl sites for hydroxylation is 2. The highest BCUT2D eigenvalue weighted by molar-refractivity contribution is 6.02. The number of benzene rings is 1. The highest BCUT2D eigenvalue weighted by Crippen LogP contribution is 2.14. The molecular weight excluding hydrogens is 348 g/mol. The van der Waals surface area contributed by atoms with Crippen LogP contribution in [0.4, 0.5) is 5.69 Å². The summed E-state index contributed by atoms with van der Waals surface area (Å²) in [7, 11) is 0. The topological polar surface area (TPSA) is 125 Å². The molecule has 0 radical (unpaired) electrons. The van der Waals surface area contributed by atoms with Crippen LogP contribution in [0.1, 0.15) is 21.7 Å². The summed E-state index contributed by atoms with van der Waals surface area (Å²) in [5.41, 5.74) is 6.99. The molecule has 0 saturated carbocycles. The number of anilines is 1. The molecule has 0 spiro atoms. The fraction of sp³-hybridized carbons (Fsp3) is 0.167. The molecule has 27 heavy (non-hydrogen) atoms. The molecule has 1 aromatic carbocycles. The quantitative estimate of drug-likeness (QED) is 0.690. The van der Waals surface area contributed by atoms with Crippen molar-refractivity contribution in [2.24, 2.45) is 5.73 Å². The average Bonchev–Trinajstić information content (AvgIpc) is 2.95. The standard InChI is InChI=1S/C18H18N6O3/c1-11-9-12(2)24(21-11)15-7-8-17(26)23(22-15)10-16(25)20-14-6-4-3-5-13(14)18(19)27/h3-9H,10H2,1-2H3,(H2,19,27)(H,20,25). The van der Waals surface area contributed by atoms with Gasteiger partial charge in [0.25, 0.3) is 11.5 Å². The fourth-order valence-corrected chi connectivity index (χ4v) is 2.66. The van der Waals surface area contributed by atoms with Crippen LogP contribution in [0.15, 0.2) is 47.3 Å². The van der Waals surface area contributed by atoms with E-state index in [0.29, 0.717) is 5.82 Å². The Bertz CT molecular complexity index is 1080. The molecule has 0 aliphatic heterocycles. The largest absolute Gasteiger partial charge is 0.366 e. The number of carbonyl (C=O) groups is 2. The zero-order valence-electron chi connectivity index (χ0n) is 14.8. The van der Waals surface area contributed by atoms with Crippen LogP contribution in [0.3, 0.4) is 0 Å². The predicted octanol–water partition coefficient (Wildman–Crippen LogP) is 0.783. The number of para-hydroxylation sites is 1. The SMILES string of the molecule is Cc1cc(C)n(-c2ccc(=O)n(CC(=O)Nc3ccccc3C(N)=O)n2)n1. The van der Waals surface area contributed by atoms with E-state index in [9.17, 15) is 14.4 Å². The van der Waals surface area contributed by atoms with Crippen molar-refractivity contribution < 1.29 is 9.59 Å². The lowest BCUT2D eigenvalue weighted by Crippen LogP contribution is -2.30. The number of rotatable bonds is 5. The first-order valence-electron chi connectivity index (χ1n) is 8.15. The lowest BCUT2D eigenvalue weighted by Gasteiger charge is -2.10. The Labute approximate surface area is 154 Å². The van der Waals surface area contributed by atoms with Crippen LogP contribution in [0, 0.1) is 13.8 Å². The van der Waals surface area contributed by atoms with E-state index in [1.165, 1.54) is 12.1 Å². The molecule has 9 nitrogen and oxygen atoms in total. The number of nitrogens with zero attached hydrogens (tertiary/aromatic N) is 4. The van der Waals surface area contributed by atoms with Crippen molar-refractivity contribution in [1.29, 1.82) is 0 Å². The second-order valence-electron chi connectivity index (χ2n) is 5.98. The third-order valence-corrected chi connectivity index (χ3v) is 3.84. The van der Waals surface area contributed by atoms with E-state index in [1.54, 1.807) is 28.9 Å². The minimum atomic E-state index is -0.660. The lowest BCUT2D eigenvalue weighted by molar-refractivity contribution is -0.117. The highest BCUT2D eigenvalue weighted by atomic mass is 16.2. The Morgan fingerprint density at radius 3 is 2.52 bits per heavy atom. The van der Waals surface area contributed by atoms with E-state index in [4.69, 9.17) is 5.73 Å². The van der Waals surface area contributed by atoms with E-state index in [0.717, 1.165) is 16.1 Å². The summed E-state index contributed by atoms with van der Waals surface area (Å²) in [5.74, 6) is -0.748. The minimum Gasteiger partial charge on any atom is -0.366 e. The van der Waals surface area contributed by atoms with E-state index in [-0.39, 0.29) is 17.8 Å². The normalized spacial score (nSPS) is 10.6. The average molecular weight is 366 g/mol. The number of hydrogen-bond donors (Lipinski definition) is 2. The smallest absolute Gasteiger partial charge is 0.267 e. The summed E-state index contributed by atoms with van der Waals surface area (Å²) in [6, 6.07) is 11.1. The summed E-state index contributed by atoms with van der Waals surface area (Å²) >= 11 is 0. The molecule has 0 fully saturated rings. The molecule has 3 N–H and O–H groups in total. The zero-order chi connectivity index (χ0) is 19.6. The van der Waals surface area contributed by atoms with E-state index in [1.807, 2.05) is 19.9 Å². The van der Waals surface area contributed by atoms with Gasteiger partial charge < -0.3 is 11.1 Å². The summed E-state index contributed by atoms with van der Waals surface area (Å²) in [4.78, 5) is 35.9. The molecule has 138 valence electrons. The molecule has 0 aliphatic carbocycles. The van der Waals surface area contributed by atoms with Crippen molar-refractivity contribution in [2.75, 3.05) is 5.32 Å². The van der Waals surface area contributed by atoms with Gasteiger partial charge in [-0.05, 0) is 38.1 Å². The van der Waals surface area contributed by atoms with Gasteiger partial charge in [0.05, 0.1) is 16.9 Å². The maximum Gasteiger partial charge on any atom is 0.267 e. The molecule has 2 amide bonds. The molecule has 0 bridgehead atoms. The molecule has 0 saturated heterocycles. The third-order valence-electron chi connectivity index (χ3n) is 3.84. The van der Waals surface area contributed by atoms with Crippen molar-refractivity contribution in [1.82, 2.24) is 19.6 Å². The van der Waals surface area contributed by atoms with Gasteiger partial charge >= 0.3 is 0 Å². The molecule has 3 rings (SSSR count). The summed E-state index contributed by atoms with van der Waals surface area (Å²) in [6.45, 7) is 3.40. The fourth-order valence-electron chi connectivity index (χ4n) is 2.66. The summed E-state index contributed by atoms with van der Waals surface area (Å²) in [5, 5.41) is 11.1. The van der Waals surface area contributed by atoms with Gasteiger partial charge in [0.1, 0.15) is 6.54 Å². The first-order chi connectivity index (χ1) is 12.8. The number of hydrogen-bond acceptors (Lipinski definition) is 5. The van der Waals surface area contributed by atoms with E-state index < -0.39 is 17.4 Å². The van der Waals surface area contributed by atoms with Gasteiger partial charge in [0.2, 0.25) is 5.91 Å². The maximum atomic E-state index is 12.3. The number of carbonyl (C=O) groups excluding carboxylic acids is 2. The van der Waals surface area contributed by atoms with Gasteiger partial charge in [-0.2, -0.15) is 5.10 Å². The van der Waals surface area contributed by atoms with Gasteiger partial charge in [-0.15, -0.1) is 5.10 Å². The van der Waals surface area contributed by atoms with Crippen LogP contribution in [-0.4, -0.2) is 31.4 Å². The van der Waals surface area contributed by atoms with Crippen molar-refractivity contribution in [2.45, 2.75) is 20.4 Å². The number of primary amides is 1.